The van der Waals surface area contributed by atoms with E-state index in [-0.39, 0.29) is 63.8 Å². The Morgan fingerprint density at radius 2 is 1.27 bits per heavy atom. The highest BCUT2D eigenvalue weighted by molar-refractivity contribution is 8.03. The van der Waals surface area contributed by atoms with E-state index in [0.717, 1.165) is 12.2 Å². The van der Waals surface area contributed by atoms with Gasteiger partial charge in [0.25, 0.3) is 0 Å². The molecule has 0 aromatic rings. The number of unbranched alkanes of at least 4 members (excludes halogenated alkanes) is 1. The summed E-state index contributed by atoms with van der Waals surface area (Å²) in [6, 6.07) is 0. The second kappa shape index (κ2) is 25.3. The van der Waals surface area contributed by atoms with Gasteiger partial charge in [-0.05, 0) is 44.1 Å². The number of carbonyl (C=O) groups is 5. The fourth-order valence-corrected chi connectivity index (χ4v) is 7.97. The van der Waals surface area contributed by atoms with Crippen molar-refractivity contribution >= 4 is 71.5 Å². The van der Waals surface area contributed by atoms with Crippen molar-refractivity contribution in [1.82, 2.24) is 14.7 Å². The number of esters is 2. The van der Waals surface area contributed by atoms with Gasteiger partial charge in [0, 0.05) is 49.6 Å². The Morgan fingerprint density at radius 1 is 0.773 bits per heavy atom. The van der Waals surface area contributed by atoms with E-state index in [1.165, 1.54) is 38.4 Å². The first kappa shape index (κ1) is 37.6. The highest BCUT2D eigenvalue weighted by Crippen LogP contribution is 2.40. The van der Waals surface area contributed by atoms with Gasteiger partial charge in [-0.1, -0.05) is 31.8 Å². The molecule has 1 aliphatic carbocycles. The average molecular weight is 702 g/mol. The van der Waals surface area contributed by atoms with Gasteiger partial charge in [-0.2, -0.15) is 23.5 Å². The monoisotopic (exact) mass is 701 g/mol. The first-order valence-electron chi connectivity index (χ1n) is 16.3. The van der Waals surface area contributed by atoms with Crippen molar-refractivity contribution in [3.05, 3.63) is 0 Å². The molecule has 0 heterocycles. The molecule has 0 aliphatic heterocycles. The van der Waals surface area contributed by atoms with Crippen LogP contribution in [0.5, 0.6) is 0 Å². The van der Waals surface area contributed by atoms with Crippen molar-refractivity contribution in [3.8, 4) is 0 Å². The molecule has 1 rings (SSSR count). The van der Waals surface area contributed by atoms with Gasteiger partial charge < -0.3 is 19.5 Å². The molecule has 1 N–H and O–H groups in total. The average Bonchev–Trinajstić information content (AvgIpc) is 2.92. The van der Waals surface area contributed by atoms with Crippen molar-refractivity contribution in [2.45, 2.75) is 69.3 Å². The SMILES string of the molecule is [3H]C(P)OC(=O)CN(CCN(CCC(=O)O)CCN(CC(=O)CCCSC1CCC1SCCCC)CC(=O)OC([3H])P)CC(C)=O. The molecule has 11 nitrogen and oxygen atoms in total. The van der Waals surface area contributed by atoms with E-state index in [0.29, 0.717) is 30.0 Å². The lowest BCUT2D eigenvalue weighted by Gasteiger charge is -2.35. The van der Waals surface area contributed by atoms with Crippen LogP contribution in [-0.4, -0.2) is 143 Å². The third kappa shape index (κ3) is 20.3. The standard InChI is InChI=1S/C29H53N3O8P2S2/c1-3-4-15-43-25-7-8-26(25)44-16-5-6-24(34)18-32(20-29(38)40-22-42)14-12-30(10-9-27(35)36)11-13-31(17-23(2)33)19-28(37)39-21-41/h25-26H,3-22,41-42H2,1-2H3,(H,35,36)/i21T,22T. The van der Waals surface area contributed by atoms with Gasteiger partial charge in [0.15, 0.2) is 0 Å². The van der Waals surface area contributed by atoms with Crippen LogP contribution in [-0.2, 0) is 33.4 Å². The van der Waals surface area contributed by atoms with E-state index < -0.39 is 30.6 Å². The fraction of sp³-hybridized carbons (Fsp3) is 0.828. The molecule has 0 saturated heterocycles. The van der Waals surface area contributed by atoms with Crippen LogP contribution in [0, 0.1) is 0 Å². The summed E-state index contributed by atoms with van der Waals surface area (Å²) in [4.78, 5) is 65.7. The zero-order valence-electron chi connectivity index (χ0n) is 28.2. The van der Waals surface area contributed by atoms with Gasteiger partial charge in [-0.25, -0.2) is 0 Å². The number of carboxylic acid groups (broad SMARTS) is 1. The Morgan fingerprint density at radius 3 is 1.73 bits per heavy atom. The van der Waals surface area contributed by atoms with E-state index in [9.17, 15) is 29.1 Å². The lowest BCUT2D eigenvalue weighted by molar-refractivity contribution is -0.144. The number of hydrogen-bond donors (Lipinski definition) is 1. The summed E-state index contributed by atoms with van der Waals surface area (Å²) in [6.45, 7) is 4.51. The lowest BCUT2D eigenvalue weighted by Crippen LogP contribution is -2.44. The quantitative estimate of drug-likeness (QED) is 0.0729. The second-order valence-electron chi connectivity index (χ2n) is 10.8. The Hall–Kier alpha value is -0.810. The van der Waals surface area contributed by atoms with E-state index in [1.807, 2.05) is 25.9 Å². The summed E-state index contributed by atoms with van der Waals surface area (Å²) in [5, 5.41) is 10.6. The van der Waals surface area contributed by atoms with Gasteiger partial charge in [0.1, 0.15) is 24.2 Å². The van der Waals surface area contributed by atoms with Crippen LogP contribution in [0.25, 0.3) is 0 Å². The Balaban J connectivity index is 2.74. The molecular formula is C29H53N3O8P2S2. The van der Waals surface area contributed by atoms with Gasteiger partial charge in [-0.15, -0.1) is 0 Å². The predicted octanol–water partition coefficient (Wildman–Crippen LogP) is 2.85. The summed E-state index contributed by atoms with van der Waals surface area (Å²) in [5.41, 5.74) is 0. The number of hydrogen-bond acceptors (Lipinski definition) is 12. The molecule has 1 aliphatic rings. The molecule has 6 atom stereocenters. The molecular weight excluding hydrogens is 644 g/mol. The van der Waals surface area contributed by atoms with E-state index >= 15 is 0 Å². The number of ether oxygens (including phenoxy) is 2. The van der Waals surface area contributed by atoms with Crippen LogP contribution in [0.15, 0.2) is 0 Å². The number of Topliss-reactive ketones (excluding diaryl/α,β-unsaturated/α-hetero) is 2. The number of carbonyl (C=O) groups excluding carboxylic acids is 4. The number of carboxylic acids is 1. The molecule has 1 fully saturated rings. The molecule has 0 amide bonds. The zero-order valence-corrected chi connectivity index (χ0v) is 30.1. The molecule has 254 valence electrons. The van der Waals surface area contributed by atoms with Crippen molar-refractivity contribution in [3.63, 3.8) is 0 Å². The molecule has 6 unspecified atom stereocenters. The summed E-state index contributed by atoms with van der Waals surface area (Å²) < 4.78 is 24.7. The maximum atomic E-state index is 12.9. The maximum Gasteiger partial charge on any atom is 0.320 e. The van der Waals surface area contributed by atoms with E-state index in [1.54, 1.807) is 9.80 Å². The minimum absolute atomic E-state index is 0.00538. The zero-order chi connectivity index (χ0) is 34.5. The Bertz CT molecular complexity index is 958. The van der Waals surface area contributed by atoms with Gasteiger partial charge in [0.05, 0.1) is 35.3 Å². The normalized spacial score (nSPS) is 18.3. The lowest BCUT2D eigenvalue weighted by atomic mass is 9.99. The molecule has 0 aromatic heterocycles. The molecule has 0 aromatic carbocycles. The Kier molecular flexibility index (Phi) is 21.6. The largest absolute Gasteiger partial charge is 0.481 e. The van der Waals surface area contributed by atoms with Crippen molar-refractivity contribution in [2.24, 2.45) is 0 Å². The maximum absolute atomic E-state index is 12.9. The minimum Gasteiger partial charge on any atom is -0.481 e. The third-order valence-electron chi connectivity index (χ3n) is 6.97. The van der Waals surface area contributed by atoms with Crippen LogP contribution >= 0.6 is 42.0 Å². The summed E-state index contributed by atoms with van der Waals surface area (Å²) in [7, 11) is 4.12. The van der Waals surface area contributed by atoms with E-state index in [4.69, 9.17) is 12.2 Å². The third-order valence-corrected chi connectivity index (χ3v) is 10.4. The van der Waals surface area contributed by atoms with Gasteiger partial charge in [-0.3, -0.25) is 33.8 Å². The van der Waals surface area contributed by atoms with Crippen molar-refractivity contribution in [1.29, 1.82) is 0 Å². The first-order valence-corrected chi connectivity index (χ1v) is 18.6. The number of thioether (sulfide) groups is 2. The topological polar surface area (TPSA) is 134 Å². The number of ketones is 2. The summed E-state index contributed by atoms with van der Waals surface area (Å²) >= 11 is 4.01. The van der Waals surface area contributed by atoms with Gasteiger partial charge in [0.2, 0.25) is 0 Å². The van der Waals surface area contributed by atoms with Gasteiger partial charge >= 0.3 is 17.9 Å². The van der Waals surface area contributed by atoms with Crippen LogP contribution in [0.2, 0.25) is 0 Å². The number of nitrogens with zero attached hydrogens (tertiary/aromatic N) is 3. The molecule has 0 bridgehead atoms. The molecule has 15 heteroatoms. The second-order valence-corrected chi connectivity index (χ2v) is 14.0. The molecule has 44 heavy (non-hydrogen) atoms. The fourth-order valence-electron chi connectivity index (χ4n) is 4.52. The first-order chi connectivity index (χ1) is 21.8. The van der Waals surface area contributed by atoms with Crippen LogP contribution in [0.4, 0.5) is 0 Å². The molecule has 0 spiro atoms. The smallest absolute Gasteiger partial charge is 0.320 e. The highest BCUT2D eigenvalue weighted by Gasteiger charge is 2.31. The van der Waals surface area contributed by atoms with Crippen molar-refractivity contribution < 1.29 is 41.3 Å². The minimum atomic E-state index is -1.12. The van der Waals surface area contributed by atoms with Crippen LogP contribution in [0.1, 0.15) is 61.5 Å². The molecule has 1 saturated carbocycles. The summed E-state index contributed by atoms with van der Waals surface area (Å²) in [5.74, 6) is -0.343. The van der Waals surface area contributed by atoms with Crippen LogP contribution in [0.3, 0.4) is 0 Å². The Labute approximate surface area is 279 Å². The highest BCUT2D eigenvalue weighted by atomic mass is 32.2. The van der Waals surface area contributed by atoms with E-state index in [2.05, 4.69) is 27.9 Å². The number of rotatable bonds is 28. The number of aliphatic carboxylic acids is 1. The van der Waals surface area contributed by atoms with Crippen LogP contribution < -0.4 is 0 Å². The summed E-state index contributed by atoms with van der Waals surface area (Å²) in [6.07, 6.45) is 3.69. The predicted molar refractivity (Wildman–Crippen MR) is 184 cm³/mol. The van der Waals surface area contributed by atoms with Crippen molar-refractivity contribution in [2.75, 3.05) is 83.1 Å². The molecule has 0 radical (unpaired) electrons.